The van der Waals surface area contributed by atoms with E-state index in [0.717, 1.165) is 18.2 Å². The van der Waals surface area contributed by atoms with Crippen molar-refractivity contribution in [3.63, 3.8) is 0 Å². The number of nitriles is 1. The molecule has 2 fully saturated rings. The summed E-state index contributed by atoms with van der Waals surface area (Å²) in [5.41, 5.74) is 2.57. The topological polar surface area (TPSA) is 99.7 Å². The van der Waals surface area contributed by atoms with Gasteiger partial charge in [0.05, 0.1) is 36.1 Å². The molecular formula is C32H29Cl2F3N4O3. The predicted molar refractivity (Wildman–Crippen MR) is 160 cm³/mol. The molecule has 230 valence electrons. The lowest BCUT2D eigenvalue weighted by Gasteiger charge is -2.40. The van der Waals surface area contributed by atoms with Crippen LogP contribution >= 0.6 is 23.2 Å². The SMILES string of the molecule is COc1cc(C(N)=O)c(F)cc1N1CN2C(CC(C)(C)C)[C@](C#N)(c3ccc(Cl)cc3F)C(c3cccc(Cl)c3F)[C@@H]2C1=O. The fraction of sp³-hybridized carbons (Fsp3) is 0.344. The Morgan fingerprint density at radius 1 is 1.14 bits per heavy atom. The molecule has 12 heteroatoms. The Kier molecular flexibility index (Phi) is 8.12. The van der Waals surface area contributed by atoms with Crippen molar-refractivity contribution in [1.29, 1.82) is 5.26 Å². The zero-order valence-corrected chi connectivity index (χ0v) is 25.8. The van der Waals surface area contributed by atoms with E-state index in [4.69, 9.17) is 33.7 Å². The Morgan fingerprint density at radius 2 is 1.84 bits per heavy atom. The largest absolute Gasteiger partial charge is 0.495 e. The summed E-state index contributed by atoms with van der Waals surface area (Å²) in [6.07, 6.45) is 0.283. The normalized spacial score (nSPS) is 23.5. The van der Waals surface area contributed by atoms with E-state index in [9.17, 15) is 14.9 Å². The van der Waals surface area contributed by atoms with Crippen LogP contribution in [0.5, 0.6) is 5.75 Å². The van der Waals surface area contributed by atoms with E-state index >= 15 is 13.2 Å². The maximum Gasteiger partial charge on any atom is 0.251 e. The number of nitrogens with two attached hydrogens (primary N) is 1. The molecule has 0 spiro atoms. The average Bonchev–Trinajstić information content (AvgIpc) is 3.40. The van der Waals surface area contributed by atoms with Gasteiger partial charge in [-0.1, -0.05) is 62.2 Å². The van der Waals surface area contributed by atoms with E-state index in [1.165, 1.54) is 42.3 Å². The van der Waals surface area contributed by atoms with Gasteiger partial charge in [-0.2, -0.15) is 5.26 Å². The molecule has 0 radical (unpaired) electrons. The molecule has 3 aromatic rings. The van der Waals surface area contributed by atoms with Crippen LogP contribution < -0.4 is 15.4 Å². The molecule has 4 atom stereocenters. The molecule has 3 aromatic carbocycles. The molecule has 0 aliphatic carbocycles. The van der Waals surface area contributed by atoms with Crippen molar-refractivity contribution in [1.82, 2.24) is 4.90 Å². The van der Waals surface area contributed by atoms with Crippen molar-refractivity contribution in [2.45, 2.75) is 50.6 Å². The molecule has 0 bridgehead atoms. The summed E-state index contributed by atoms with van der Waals surface area (Å²) in [5, 5.41) is 10.9. The Balaban J connectivity index is 1.80. The number of carbonyl (C=O) groups is 2. The maximum atomic E-state index is 16.0. The number of benzene rings is 3. The lowest BCUT2D eigenvalue weighted by Crippen LogP contribution is -2.48. The van der Waals surface area contributed by atoms with E-state index < -0.39 is 63.7 Å². The van der Waals surface area contributed by atoms with Gasteiger partial charge in [0.1, 0.15) is 34.7 Å². The van der Waals surface area contributed by atoms with Gasteiger partial charge in [-0.25, -0.2) is 13.2 Å². The van der Waals surface area contributed by atoms with Gasteiger partial charge in [0, 0.05) is 28.6 Å². The molecule has 44 heavy (non-hydrogen) atoms. The maximum absolute atomic E-state index is 16.0. The van der Waals surface area contributed by atoms with E-state index in [2.05, 4.69) is 6.07 Å². The number of amides is 2. The number of primary amides is 1. The van der Waals surface area contributed by atoms with Crippen molar-refractivity contribution in [3.8, 4) is 11.8 Å². The second-order valence-electron chi connectivity index (χ2n) is 12.2. The molecule has 7 nitrogen and oxygen atoms in total. The number of rotatable bonds is 6. The highest BCUT2D eigenvalue weighted by Gasteiger charge is 2.67. The van der Waals surface area contributed by atoms with Crippen molar-refractivity contribution in [2.24, 2.45) is 11.1 Å². The van der Waals surface area contributed by atoms with Gasteiger partial charge >= 0.3 is 0 Å². The summed E-state index contributed by atoms with van der Waals surface area (Å²) in [4.78, 5) is 29.3. The molecule has 0 saturated carbocycles. The van der Waals surface area contributed by atoms with Gasteiger partial charge in [0.25, 0.3) is 5.91 Å². The summed E-state index contributed by atoms with van der Waals surface area (Å²) in [7, 11) is 1.29. The number of methoxy groups -OCH3 is 1. The van der Waals surface area contributed by atoms with Gasteiger partial charge < -0.3 is 10.5 Å². The fourth-order valence-corrected chi connectivity index (χ4v) is 7.02. The highest BCUT2D eigenvalue weighted by molar-refractivity contribution is 6.31. The highest BCUT2D eigenvalue weighted by Crippen LogP contribution is 2.58. The van der Waals surface area contributed by atoms with Crippen LogP contribution in [0.1, 0.15) is 54.6 Å². The van der Waals surface area contributed by atoms with Gasteiger partial charge in [0.2, 0.25) is 5.91 Å². The summed E-state index contributed by atoms with van der Waals surface area (Å²) in [6.45, 7) is 5.64. The van der Waals surface area contributed by atoms with Crippen LogP contribution in [-0.2, 0) is 10.2 Å². The van der Waals surface area contributed by atoms with Gasteiger partial charge in [-0.15, -0.1) is 0 Å². The minimum absolute atomic E-state index is 0.00266. The summed E-state index contributed by atoms with van der Waals surface area (Å²) >= 11 is 12.3. The third-order valence-electron chi connectivity index (χ3n) is 8.42. The van der Waals surface area contributed by atoms with E-state index in [1.807, 2.05) is 20.8 Å². The fourth-order valence-electron chi connectivity index (χ4n) is 6.68. The number of fused-ring (bicyclic) bond motifs is 1. The van der Waals surface area contributed by atoms with E-state index in [-0.39, 0.29) is 45.7 Å². The minimum Gasteiger partial charge on any atom is -0.495 e. The molecule has 2 N–H and O–H groups in total. The lowest BCUT2D eigenvalue weighted by molar-refractivity contribution is -0.119. The van der Waals surface area contributed by atoms with Crippen LogP contribution in [0.15, 0.2) is 48.5 Å². The molecule has 2 saturated heterocycles. The second kappa shape index (κ2) is 11.3. The first-order valence-electron chi connectivity index (χ1n) is 13.7. The van der Waals surface area contributed by atoms with Crippen LogP contribution in [0, 0.1) is 34.2 Å². The first-order valence-corrected chi connectivity index (χ1v) is 14.5. The summed E-state index contributed by atoms with van der Waals surface area (Å²) < 4.78 is 52.3. The van der Waals surface area contributed by atoms with Gasteiger partial charge in [-0.05, 0) is 41.7 Å². The van der Waals surface area contributed by atoms with Crippen LogP contribution in [-0.4, -0.2) is 42.6 Å². The summed E-state index contributed by atoms with van der Waals surface area (Å²) in [5.74, 6) is -5.47. The van der Waals surface area contributed by atoms with Gasteiger partial charge in [-0.3, -0.25) is 19.4 Å². The quantitative estimate of drug-likeness (QED) is 0.328. The van der Waals surface area contributed by atoms with E-state index in [0.29, 0.717) is 0 Å². The number of hydrogen-bond acceptors (Lipinski definition) is 5. The van der Waals surface area contributed by atoms with Crippen LogP contribution in [0.25, 0.3) is 0 Å². The minimum atomic E-state index is -1.79. The Hall–Kier alpha value is -3.78. The highest BCUT2D eigenvalue weighted by atomic mass is 35.5. The average molecular weight is 646 g/mol. The first-order chi connectivity index (χ1) is 20.7. The van der Waals surface area contributed by atoms with Crippen molar-refractivity contribution in [2.75, 3.05) is 18.7 Å². The predicted octanol–water partition coefficient (Wildman–Crippen LogP) is 6.56. The zero-order chi connectivity index (χ0) is 32.3. The molecule has 2 heterocycles. The molecule has 2 amide bonds. The molecule has 2 aliphatic heterocycles. The Bertz CT molecular complexity index is 1720. The number of ether oxygens (including phenoxy) is 1. The van der Waals surface area contributed by atoms with Crippen molar-refractivity contribution in [3.05, 3.63) is 92.7 Å². The van der Waals surface area contributed by atoms with Crippen LogP contribution in [0.4, 0.5) is 18.9 Å². The smallest absolute Gasteiger partial charge is 0.251 e. The van der Waals surface area contributed by atoms with Crippen molar-refractivity contribution >= 4 is 40.7 Å². The number of halogens is 5. The molecule has 5 rings (SSSR count). The molecule has 2 aliphatic rings. The van der Waals surface area contributed by atoms with Gasteiger partial charge in [0.15, 0.2) is 0 Å². The lowest BCUT2D eigenvalue weighted by atomic mass is 9.62. The molecule has 0 aromatic heterocycles. The standard InChI is InChI=1S/C32H29Cl2F3N4O3/c1-31(2,3)13-25-32(14-38,19-9-8-16(33)10-22(19)36)26(17-6-5-7-20(34)27(17)37)28-30(43)40(15-41(25)28)23-12-21(35)18(29(39)42)11-24(23)44-4/h5-12,25-26,28H,13,15H2,1-4H3,(H2,39,42)/t25?,26?,28-,32+/m1/s1. The Labute approximate surface area is 262 Å². The van der Waals surface area contributed by atoms with E-state index in [1.54, 1.807) is 4.90 Å². The Morgan fingerprint density at radius 3 is 2.43 bits per heavy atom. The summed E-state index contributed by atoms with van der Waals surface area (Å²) in [6, 6.07) is 10.6. The second-order valence-corrected chi connectivity index (χ2v) is 13.1. The van der Waals surface area contributed by atoms with Crippen LogP contribution in [0.2, 0.25) is 10.0 Å². The first kappa shape index (κ1) is 31.6. The number of carbonyl (C=O) groups excluding carboxylic acids is 2. The third kappa shape index (κ3) is 4.97. The third-order valence-corrected chi connectivity index (χ3v) is 8.95. The number of anilines is 1. The molecular weight excluding hydrogens is 616 g/mol. The molecule has 2 unspecified atom stereocenters. The number of hydrogen-bond donors (Lipinski definition) is 1. The van der Waals surface area contributed by atoms with Crippen LogP contribution in [0.3, 0.4) is 0 Å². The monoisotopic (exact) mass is 644 g/mol. The van der Waals surface area contributed by atoms with Crippen molar-refractivity contribution < 1.29 is 27.5 Å². The number of nitrogens with zero attached hydrogens (tertiary/aromatic N) is 3. The zero-order valence-electron chi connectivity index (χ0n) is 24.3.